The van der Waals surface area contributed by atoms with Crippen molar-refractivity contribution in [3.63, 3.8) is 0 Å². The number of nitrogens with zero attached hydrogens (tertiary/aromatic N) is 2. The second-order valence-corrected chi connectivity index (χ2v) is 8.22. The number of aliphatic hydroxyl groups is 1. The molecule has 9 heteroatoms. The molecular weight excluding hydrogens is 369 g/mol. The average Bonchev–Trinajstić information content (AvgIpc) is 3.10. The predicted molar refractivity (Wildman–Crippen MR) is 88.6 cm³/mol. The molecule has 0 aromatic heterocycles. The number of thioether (sulfide) groups is 1. The zero-order valence-electron chi connectivity index (χ0n) is 13.8. The van der Waals surface area contributed by atoms with Crippen molar-refractivity contribution in [3.05, 3.63) is 24.3 Å². The third-order valence-electron chi connectivity index (χ3n) is 5.41. The first kappa shape index (κ1) is 17.7. The highest BCUT2D eigenvalue weighted by molar-refractivity contribution is 8.02. The number of benzene rings is 1. The monoisotopic (exact) mass is 386 g/mol. The molecule has 2 fully saturated rings. The molecule has 1 aromatic rings. The van der Waals surface area contributed by atoms with E-state index in [1.54, 1.807) is 12.1 Å². The number of carbonyl (C=O) groups is 2. The summed E-state index contributed by atoms with van der Waals surface area (Å²) in [5.74, 6) is -0.506. The van der Waals surface area contributed by atoms with Gasteiger partial charge in [0.2, 0.25) is 5.91 Å². The summed E-state index contributed by atoms with van der Waals surface area (Å²) in [7, 11) is 0. The molecule has 2 saturated heterocycles. The Kier molecular flexibility index (Phi) is 3.82. The largest absolute Gasteiger partial charge is 0.417 e. The fourth-order valence-electron chi connectivity index (χ4n) is 3.89. The summed E-state index contributed by atoms with van der Waals surface area (Å²) in [6.07, 6.45) is -5.26. The van der Waals surface area contributed by atoms with Gasteiger partial charge in [-0.05, 0) is 18.6 Å². The number of halogens is 3. The van der Waals surface area contributed by atoms with Crippen molar-refractivity contribution >= 4 is 29.3 Å². The van der Waals surface area contributed by atoms with Gasteiger partial charge in [-0.25, -0.2) is 0 Å². The first-order valence-corrected chi connectivity index (χ1v) is 9.19. The van der Waals surface area contributed by atoms with Crippen molar-refractivity contribution in [1.29, 1.82) is 0 Å². The third kappa shape index (κ3) is 2.36. The van der Waals surface area contributed by atoms with Crippen LogP contribution in [0.3, 0.4) is 0 Å². The lowest BCUT2D eigenvalue weighted by atomic mass is 9.90. The molecule has 140 valence electrons. The molecule has 0 saturated carbocycles. The van der Waals surface area contributed by atoms with Crippen LogP contribution < -0.4 is 4.90 Å². The molecule has 1 atom stereocenters. The molecule has 5 nitrogen and oxygen atoms in total. The lowest BCUT2D eigenvalue weighted by Gasteiger charge is -2.42. The molecule has 1 N–H and O–H groups in total. The zero-order valence-corrected chi connectivity index (χ0v) is 14.6. The molecular formula is C17H17F3N2O3S. The number of alkyl halides is 3. The number of likely N-dealkylation sites (tertiary alicyclic amines) is 1. The number of rotatable bonds is 1. The van der Waals surface area contributed by atoms with Gasteiger partial charge in [-0.1, -0.05) is 23.9 Å². The van der Waals surface area contributed by atoms with E-state index in [1.165, 1.54) is 21.6 Å². The fourth-order valence-corrected chi connectivity index (χ4v) is 5.38. The number of amides is 2. The van der Waals surface area contributed by atoms with Gasteiger partial charge >= 0.3 is 6.18 Å². The quantitative estimate of drug-likeness (QED) is 0.806. The highest BCUT2D eigenvalue weighted by Gasteiger charge is 2.60. The highest BCUT2D eigenvalue weighted by Crippen LogP contribution is 2.56. The number of carbonyl (C=O) groups excluding carboxylic acids is 2. The topological polar surface area (TPSA) is 60.9 Å². The second kappa shape index (κ2) is 5.63. The van der Waals surface area contributed by atoms with Crippen LogP contribution in [0.15, 0.2) is 29.2 Å². The summed E-state index contributed by atoms with van der Waals surface area (Å²) in [5.41, 5.74) is -2.07. The Balaban J connectivity index is 1.59. The van der Waals surface area contributed by atoms with Gasteiger partial charge in [0.1, 0.15) is 0 Å². The molecule has 0 bridgehead atoms. The standard InChI is InChI=1S/C17H17F3N2O3S/c18-17(19,20)15(25)7-9-21(10-8-15)14(24)16-6-5-13(23)22(16)11-3-1-2-4-12(11)26-16/h1-4,25H,5-10H2. The summed E-state index contributed by atoms with van der Waals surface area (Å²) in [5, 5.41) is 9.81. The van der Waals surface area contributed by atoms with Crippen molar-refractivity contribution in [2.24, 2.45) is 0 Å². The zero-order chi connectivity index (χ0) is 18.7. The van der Waals surface area contributed by atoms with E-state index in [4.69, 9.17) is 0 Å². The smallest absolute Gasteiger partial charge is 0.380 e. The van der Waals surface area contributed by atoms with Gasteiger partial charge in [0.15, 0.2) is 10.5 Å². The van der Waals surface area contributed by atoms with Crippen LogP contribution in [-0.4, -0.2) is 51.6 Å². The van der Waals surface area contributed by atoms with Crippen LogP contribution in [-0.2, 0) is 9.59 Å². The molecule has 0 aliphatic carbocycles. The van der Waals surface area contributed by atoms with Crippen LogP contribution in [0.25, 0.3) is 0 Å². The maximum Gasteiger partial charge on any atom is 0.417 e. The molecule has 1 unspecified atom stereocenters. The van der Waals surface area contributed by atoms with Gasteiger partial charge in [0.05, 0.1) is 5.69 Å². The number of hydrogen-bond donors (Lipinski definition) is 1. The van der Waals surface area contributed by atoms with E-state index in [0.29, 0.717) is 12.1 Å². The lowest BCUT2D eigenvalue weighted by molar-refractivity contribution is -0.272. The van der Waals surface area contributed by atoms with Gasteiger partial charge in [-0.15, -0.1) is 0 Å². The molecule has 0 spiro atoms. The maximum atomic E-state index is 13.2. The third-order valence-corrected chi connectivity index (χ3v) is 6.88. The van der Waals surface area contributed by atoms with Crippen LogP contribution in [0.5, 0.6) is 0 Å². The Hall–Kier alpha value is -1.74. The first-order chi connectivity index (χ1) is 12.2. The van der Waals surface area contributed by atoms with Crippen molar-refractivity contribution in [3.8, 4) is 0 Å². The minimum atomic E-state index is -4.71. The van der Waals surface area contributed by atoms with Crippen molar-refractivity contribution in [1.82, 2.24) is 4.90 Å². The van der Waals surface area contributed by atoms with Crippen molar-refractivity contribution in [2.45, 2.75) is 47.2 Å². The molecule has 2 amide bonds. The number of fused-ring (bicyclic) bond motifs is 3. The Bertz CT molecular complexity index is 777. The van der Waals surface area contributed by atoms with Gasteiger partial charge in [-0.3, -0.25) is 14.5 Å². The maximum absolute atomic E-state index is 13.2. The van der Waals surface area contributed by atoms with Crippen LogP contribution in [0.2, 0.25) is 0 Å². The van der Waals surface area contributed by atoms with Crippen LogP contribution in [0.1, 0.15) is 25.7 Å². The van der Waals surface area contributed by atoms with E-state index in [-0.39, 0.29) is 31.3 Å². The van der Waals surface area contributed by atoms with E-state index in [2.05, 4.69) is 0 Å². The predicted octanol–water partition coefficient (Wildman–Crippen LogP) is 2.53. The van der Waals surface area contributed by atoms with Gasteiger partial charge in [0.25, 0.3) is 5.91 Å². The summed E-state index contributed by atoms with van der Waals surface area (Å²) in [6, 6.07) is 7.22. The van der Waals surface area contributed by atoms with Gasteiger partial charge in [0, 0.05) is 37.2 Å². The molecule has 0 radical (unpaired) electrons. The summed E-state index contributed by atoms with van der Waals surface area (Å²) >= 11 is 1.29. The van der Waals surface area contributed by atoms with Crippen LogP contribution in [0.4, 0.5) is 18.9 Å². The fraction of sp³-hybridized carbons (Fsp3) is 0.529. The molecule has 3 heterocycles. The van der Waals surface area contributed by atoms with Crippen molar-refractivity contribution in [2.75, 3.05) is 18.0 Å². The first-order valence-electron chi connectivity index (χ1n) is 8.38. The Morgan fingerprint density at radius 1 is 1.15 bits per heavy atom. The Morgan fingerprint density at radius 3 is 2.46 bits per heavy atom. The Labute approximate surface area is 152 Å². The van der Waals surface area contributed by atoms with Crippen molar-refractivity contribution < 1.29 is 27.9 Å². The molecule has 3 aliphatic heterocycles. The van der Waals surface area contributed by atoms with E-state index >= 15 is 0 Å². The Morgan fingerprint density at radius 2 is 1.81 bits per heavy atom. The minimum absolute atomic E-state index is 0.153. The number of hydrogen-bond acceptors (Lipinski definition) is 4. The van der Waals surface area contributed by atoms with E-state index in [0.717, 1.165) is 4.90 Å². The van der Waals surface area contributed by atoms with Crippen LogP contribution in [0, 0.1) is 0 Å². The molecule has 26 heavy (non-hydrogen) atoms. The molecule has 1 aromatic carbocycles. The van der Waals surface area contributed by atoms with Gasteiger partial charge in [-0.2, -0.15) is 13.2 Å². The normalized spacial score (nSPS) is 27.5. The summed E-state index contributed by atoms with van der Waals surface area (Å²) in [4.78, 5) is 28.2. The summed E-state index contributed by atoms with van der Waals surface area (Å²) in [6.45, 7) is -0.370. The van der Waals surface area contributed by atoms with Gasteiger partial charge < -0.3 is 10.0 Å². The lowest BCUT2D eigenvalue weighted by Crippen LogP contribution is -2.59. The van der Waals surface area contributed by atoms with E-state index in [9.17, 15) is 27.9 Å². The highest BCUT2D eigenvalue weighted by atomic mass is 32.2. The van der Waals surface area contributed by atoms with Crippen LogP contribution >= 0.6 is 11.8 Å². The van der Waals surface area contributed by atoms with E-state index < -0.39 is 29.5 Å². The molecule has 4 rings (SSSR count). The average molecular weight is 386 g/mol. The SMILES string of the molecule is O=C1CCC2(C(=O)N3CCC(O)(C(F)(F)F)CC3)Sc3ccccc3N12. The number of piperidine rings is 1. The summed E-state index contributed by atoms with van der Waals surface area (Å²) < 4.78 is 39.0. The van der Waals surface area contributed by atoms with E-state index in [1.807, 2.05) is 12.1 Å². The number of anilines is 1. The molecule has 3 aliphatic rings. The number of para-hydroxylation sites is 1. The minimum Gasteiger partial charge on any atom is -0.380 e. The second-order valence-electron chi connectivity index (χ2n) is 6.90.